The number of anilines is 1. The molecular formula is C26H26ClFN6S. The zero-order chi connectivity index (χ0) is 23.5. The molecule has 4 aliphatic rings. The summed E-state index contributed by atoms with van der Waals surface area (Å²) in [6.07, 6.45) is 13.0. The van der Waals surface area contributed by atoms with Crippen molar-refractivity contribution in [2.24, 2.45) is 11.8 Å². The lowest BCUT2D eigenvalue weighted by Crippen LogP contribution is -2.23. The highest BCUT2D eigenvalue weighted by atomic mass is 35.5. The summed E-state index contributed by atoms with van der Waals surface area (Å²) in [7, 11) is 0. The first-order valence-corrected chi connectivity index (χ1v) is 13.7. The topological polar surface area (TPSA) is 79.4 Å². The minimum Gasteiger partial charge on any atom is -0.365 e. The van der Waals surface area contributed by atoms with E-state index in [-0.39, 0.29) is 17.7 Å². The van der Waals surface area contributed by atoms with Crippen LogP contribution in [0.15, 0.2) is 24.5 Å². The van der Waals surface area contributed by atoms with E-state index in [4.69, 9.17) is 21.6 Å². The molecule has 35 heavy (non-hydrogen) atoms. The summed E-state index contributed by atoms with van der Waals surface area (Å²) in [6.45, 7) is 0. The highest BCUT2D eigenvalue weighted by Crippen LogP contribution is 2.46. The Morgan fingerprint density at radius 2 is 1.77 bits per heavy atom. The Morgan fingerprint density at radius 1 is 1.00 bits per heavy atom. The van der Waals surface area contributed by atoms with Gasteiger partial charge in [-0.1, -0.05) is 37.3 Å². The molecule has 0 saturated heterocycles. The Labute approximate surface area is 211 Å². The van der Waals surface area contributed by atoms with Gasteiger partial charge in [-0.25, -0.2) is 24.3 Å². The number of nitrogens with one attached hydrogen (secondary N) is 2. The lowest BCUT2D eigenvalue weighted by atomic mass is 9.84. The molecule has 0 aliphatic heterocycles. The van der Waals surface area contributed by atoms with Gasteiger partial charge < -0.3 is 10.3 Å². The molecule has 0 unspecified atom stereocenters. The molecule has 8 rings (SSSR count). The van der Waals surface area contributed by atoms with Gasteiger partial charge in [0.1, 0.15) is 16.4 Å². The van der Waals surface area contributed by atoms with Crippen LogP contribution < -0.4 is 5.32 Å². The zero-order valence-electron chi connectivity index (χ0n) is 19.2. The summed E-state index contributed by atoms with van der Waals surface area (Å²) in [4.78, 5) is 23.4. The number of aromatic nitrogens is 5. The van der Waals surface area contributed by atoms with Gasteiger partial charge in [-0.2, -0.15) is 0 Å². The van der Waals surface area contributed by atoms with Gasteiger partial charge in [-0.3, -0.25) is 0 Å². The molecule has 4 aromatic rings. The molecule has 6 nitrogen and oxygen atoms in total. The first-order valence-electron chi connectivity index (χ1n) is 12.5. The van der Waals surface area contributed by atoms with Gasteiger partial charge in [0.15, 0.2) is 23.1 Å². The highest BCUT2D eigenvalue weighted by molar-refractivity contribution is 7.15. The average Bonchev–Trinajstić information content (AvgIpc) is 3.55. The van der Waals surface area contributed by atoms with E-state index in [0.717, 1.165) is 29.6 Å². The molecule has 4 saturated carbocycles. The molecule has 4 heterocycles. The monoisotopic (exact) mass is 508 g/mol. The first kappa shape index (κ1) is 21.7. The molecular weight excluding hydrogens is 483 g/mol. The predicted molar refractivity (Wildman–Crippen MR) is 137 cm³/mol. The standard InChI is InChI=1S/C26H26ClFN6S/c27-20-12-30-26-22(32-20)17(11-29-26)24-33-23(19-8-7-18(35-19)15-5-6-15)21(28)25(34-24)31-16-9-13-1-2-14(10-16)4-3-13/h7-8,11-16H,1-6,9-10H2,(H,29,30)(H,31,33,34). The molecule has 0 atom stereocenters. The van der Waals surface area contributed by atoms with E-state index >= 15 is 4.39 Å². The van der Waals surface area contributed by atoms with Crippen LogP contribution in [-0.2, 0) is 0 Å². The van der Waals surface area contributed by atoms with Gasteiger partial charge in [-0.15, -0.1) is 11.3 Å². The Balaban J connectivity index is 1.33. The van der Waals surface area contributed by atoms with Crippen molar-refractivity contribution in [3.63, 3.8) is 0 Å². The third-order valence-electron chi connectivity index (χ3n) is 7.83. The van der Waals surface area contributed by atoms with Crippen LogP contribution in [0.1, 0.15) is 62.2 Å². The maximum absolute atomic E-state index is 16.0. The maximum atomic E-state index is 16.0. The normalized spacial score (nSPS) is 24.1. The van der Waals surface area contributed by atoms with Crippen LogP contribution in [0.4, 0.5) is 10.2 Å². The average molecular weight is 509 g/mol. The summed E-state index contributed by atoms with van der Waals surface area (Å²) in [6, 6.07) is 4.34. The molecule has 180 valence electrons. The molecule has 4 aromatic heterocycles. The number of hydrogen-bond acceptors (Lipinski definition) is 6. The quantitative estimate of drug-likeness (QED) is 0.298. The van der Waals surface area contributed by atoms with Crippen molar-refractivity contribution in [1.29, 1.82) is 0 Å². The molecule has 4 aliphatic carbocycles. The number of rotatable bonds is 5. The SMILES string of the molecule is Fc1c(NC2CC3CCC(CC3)C2)nc(-c2c[nH]c3ncc(Cl)nc23)nc1-c1ccc(C2CC2)s1. The van der Waals surface area contributed by atoms with Crippen LogP contribution in [0.5, 0.6) is 0 Å². The summed E-state index contributed by atoms with van der Waals surface area (Å²) in [5.74, 6) is 2.38. The molecule has 0 radical (unpaired) electrons. The number of halogens is 2. The minimum absolute atomic E-state index is 0.225. The van der Waals surface area contributed by atoms with E-state index in [1.54, 1.807) is 17.5 Å². The number of hydrogen-bond donors (Lipinski definition) is 2. The second-order valence-corrected chi connectivity index (χ2v) is 11.8. The Hall–Kier alpha value is -2.58. The van der Waals surface area contributed by atoms with Gasteiger partial charge >= 0.3 is 0 Å². The summed E-state index contributed by atoms with van der Waals surface area (Å²) >= 11 is 7.77. The molecule has 2 N–H and O–H groups in total. The molecule has 0 aromatic carbocycles. The second-order valence-electron chi connectivity index (χ2n) is 10.3. The van der Waals surface area contributed by atoms with Crippen LogP contribution in [0.25, 0.3) is 33.1 Å². The second kappa shape index (κ2) is 8.52. The van der Waals surface area contributed by atoms with Crippen LogP contribution >= 0.6 is 22.9 Å². The molecule has 0 spiro atoms. The largest absolute Gasteiger partial charge is 0.365 e. The van der Waals surface area contributed by atoms with E-state index in [1.807, 2.05) is 6.07 Å². The molecule has 0 amide bonds. The maximum Gasteiger partial charge on any atom is 0.192 e. The molecule has 9 heteroatoms. The summed E-state index contributed by atoms with van der Waals surface area (Å²) in [5.41, 5.74) is 2.19. The zero-order valence-corrected chi connectivity index (χ0v) is 20.8. The van der Waals surface area contributed by atoms with Gasteiger partial charge in [0.25, 0.3) is 0 Å². The smallest absolute Gasteiger partial charge is 0.192 e. The van der Waals surface area contributed by atoms with Crippen LogP contribution in [0, 0.1) is 17.7 Å². The predicted octanol–water partition coefficient (Wildman–Crippen LogP) is 7.19. The van der Waals surface area contributed by atoms with Gasteiger partial charge in [0, 0.05) is 17.1 Å². The fraction of sp³-hybridized carbons (Fsp3) is 0.462. The van der Waals surface area contributed by atoms with Crippen molar-refractivity contribution < 1.29 is 4.39 Å². The first-order chi connectivity index (χ1) is 17.1. The third kappa shape index (κ3) is 4.10. The van der Waals surface area contributed by atoms with Crippen molar-refractivity contribution in [2.45, 2.75) is 63.3 Å². The van der Waals surface area contributed by atoms with Crippen molar-refractivity contribution in [1.82, 2.24) is 24.9 Å². The number of aromatic amines is 1. The van der Waals surface area contributed by atoms with Crippen molar-refractivity contribution >= 4 is 39.9 Å². The van der Waals surface area contributed by atoms with E-state index in [1.165, 1.54) is 49.6 Å². The van der Waals surface area contributed by atoms with Crippen molar-refractivity contribution in [3.05, 3.63) is 40.4 Å². The number of fused-ring (bicyclic) bond motifs is 5. The van der Waals surface area contributed by atoms with Gasteiger partial charge in [-0.05, 0) is 55.6 Å². The van der Waals surface area contributed by atoms with E-state index in [2.05, 4.69) is 26.3 Å². The van der Waals surface area contributed by atoms with E-state index in [0.29, 0.717) is 39.3 Å². The number of H-pyrrole nitrogens is 1. The van der Waals surface area contributed by atoms with Crippen LogP contribution in [-0.4, -0.2) is 31.0 Å². The fourth-order valence-corrected chi connectivity index (χ4v) is 7.14. The Kier molecular flexibility index (Phi) is 5.28. The third-order valence-corrected chi connectivity index (χ3v) is 9.26. The molecule has 2 bridgehead atoms. The van der Waals surface area contributed by atoms with Crippen molar-refractivity contribution in [3.8, 4) is 22.0 Å². The highest BCUT2D eigenvalue weighted by Gasteiger charge is 2.32. The van der Waals surface area contributed by atoms with Crippen molar-refractivity contribution in [2.75, 3.05) is 5.32 Å². The fourth-order valence-electron chi connectivity index (χ4n) is 5.85. The summed E-state index contributed by atoms with van der Waals surface area (Å²) in [5, 5.41) is 3.80. The lowest BCUT2D eigenvalue weighted by molar-refractivity contribution is 0.308. The lowest BCUT2D eigenvalue weighted by Gasteiger charge is -2.21. The number of nitrogens with zero attached hydrogens (tertiary/aromatic N) is 4. The Morgan fingerprint density at radius 3 is 2.51 bits per heavy atom. The Bertz CT molecular complexity index is 1390. The minimum atomic E-state index is -0.376. The van der Waals surface area contributed by atoms with E-state index in [9.17, 15) is 0 Å². The summed E-state index contributed by atoms with van der Waals surface area (Å²) < 4.78 is 16.0. The van der Waals surface area contributed by atoms with E-state index < -0.39 is 0 Å². The van der Waals surface area contributed by atoms with Gasteiger partial charge in [0.2, 0.25) is 0 Å². The number of thiophene rings is 1. The van der Waals surface area contributed by atoms with Gasteiger partial charge in [0.05, 0.1) is 16.6 Å². The van der Waals surface area contributed by atoms with Crippen LogP contribution in [0.2, 0.25) is 5.15 Å². The van der Waals surface area contributed by atoms with Crippen LogP contribution in [0.3, 0.4) is 0 Å². The molecule has 4 fully saturated rings.